The van der Waals surface area contributed by atoms with Gasteiger partial charge in [-0.1, -0.05) is 0 Å². The molecule has 0 amide bonds. The second kappa shape index (κ2) is 5.50. The Hall–Kier alpha value is -0.810. The molecule has 1 saturated heterocycles. The summed E-state index contributed by atoms with van der Waals surface area (Å²) in [5.74, 6) is 6.88. The highest BCUT2D eigenvalue weighted by molar-refractivity contribution is 5.79. The van der Waals surface area contributed by atoms with Gasteiger partial charge in [-0.3, -0.25) is 10.4 Å². The zero-order valence-electron chi connectivity index (χ0n) is 10.1. The number of hydrogen-bond donors (Lipinski definition) is 3. The van der Waals surface area contributed by atoms with Gasteiger partial charge in [0.1, 0.15) is 0 Å². The number of nitrogens with zero attached hydrogens (tertiary/aromatic N) is 2. The molecule has 2 aliphatic rings. The molecule has 1 unspecified atom stereocenters. The molecule has 4 N–H and O–H groups in total. The summed E-state index contributed by atoms with van der Waals surface area (Å²) >= 11 is 0. The molecule has 5 nitrogen and oxygen atoms in total. The standard InChI is InChI=1S/C11H23N5/c1-16-6-2-3-9(8-16)7-13-11(15-12)14-10-4-5-10/h9-10H,2-8,12H2,1H3,(H2,13,14,15). The summed E-state index contributed by atoms with van der Waals surface area (Å²) in [6.45, 7) is 3.26. The van der Waals surface area contributed by atoms with E-state index in [0.29, 0.717) is 12.0 Å². The molecule has 1 aliphatic heterocycles. The van der Waals surface area contributed by atoms with Gasteiger partial charge in [-0.15, -0.1) is 0 Å². The van der Waals surface area contributed by atoms with Gasteiger partial charge in [0.05, 0.1) is 0 Å². The van der Waals surface area contributed by atoms with E-state index in [0.717, 1.165) is 19.0 Å². The first kappa shape index (κ1) is 11.7. The van der Waals surface area contributed by atoms with Crippen molar-refractivity contribution in [2.45, 2.75) is 31.7 Å². The highest BCUT2D eigenvalue weighted by Crippen LogP contribution is 2.18. The minimum Gasteiger partial charge on any atom is -0.353 e. The third kappa shape index (κ3) is 3.64. The van der Waals surface area contributed by atoms with Crippen LogP contribution < -0.4 is 16.6 Å². The number of piperidine rings is 1. The molecule has 0 aromatic rings. The summed E-state index contributed by atoms with van der Waals surface area (Å²) in [5.41, 5.74) is 2.65. The number of hydrazine groups is 1. The molecule has 92 valence electrons. The fourth-order valence-electron chi connectivity index (χ4n) is 2.20. The molecule has 0 aromatic heterocycles. The first-order chi connectivity index (χ1) is 7.78. The summed E-state index contributed by atoms with van der Waals surface area (Å²) in [6.07, 6.45) is 5.06. The van der Waals surface area contributed by atoms with Crippen molar-refractivity contribution in [1.82, 2.24) is 15.6 Å². The Kier molecular flexibility index (Phi) is 4.01. The van der Waals surface area contributed by atoms with Gasteiger partial charge in [0.2, 0.25) is 5.96 Å². The van der Waals surface area contributed by atoms with Gasteiger partial charge in [0.25, 0.3) is 0 Å². The van der Waals surface area contributed by atoms with E-state index in [9.17, 15) is 0 Å². The van der Waals surface area contributed by atoms with Gasteiger partial charge in [0, 0.05) is 19.1 Å². The van der Waals surface area contributed by atoms with Crippen LogP contribution in [0.4, 0.5) is 0 Å². The fourth-order valence-corrected chi connectivity index (χ4v) is 2.20. The maximum absolute atomic E-state index is 5.44. The number of guanidine groups is 1. The predicted molar refractivity (Wildman–Crippen MR) is 66.0 cm³/mol. The lowest BCUT2D eigenvalue weighted by Crippen LogP contribution is -2.43. The highest BCUT2D eigenvalue weighted by atomic mass is 15.3. The maximum Gasteiger partial charge on any atom is 0.205 e. The van der Waals surface area contributed by atoms with E-state index in [1.54, 1.807) is 0 Å². The average Bonchev–Trinajstić information content (AvgIpc) is 3.08. The normalized spacial score (nSPS) is 27.9. The van der Waals surface area contributed by atoms with Gasteiger partial charge < -0.3 is 10.2 Å². The summed E-state index contributed by atoms with van der Waals surface area (Å²) < 4.78 is 0. The number of rotatable bonds is 3. The van der Waals surface area contributed by atoms with Crippen molar-refractivity contribution in [2.24, 2.45) is 16.8 Å². The first-order valence-corrected chi connectivity index (χ1v) is 6.24. The molecular formula is C11H23N5. The molecule has 1 saturated carbocycles. The Morgan fingerprint density at radius 1 is 1.44 bits per heavy atom. The van der Waals surface area contributed by atoms with Crippen molar-refractivity contribution in [3.05, 3.63) is 0 Å². The summed E-state index contributed by atoms with van der Waals surface area (Å²) in [4.78, 5) is 6.91. The Labute approximate surface area is 97.4 Å². The van der Waals surface area contributed by atoms with Crippen LogP contribution in [-0.2, 0) is 0 Å². The molecule has 2 rings (SSSR count). The first-order valence-electron chi connectivity index (χ1n) is 6.24. The fraction of sp³-hybridized carbons (Fsp3) is 0.909. The number of likely N-dealkylation sites (tertiary alicyclic amines) is 1. The van der Waals surface area contributed by atoms with Crippen molar-refractivity contribution in [3.8, 4) is 0 Å². The van der Waals surface area contributed by atoms with Crippen molar-refractivity contribution >= 4 is 5.96 Å². The van der Waals surface area contributed by atoms with Gasteiger partial charge in [-0.05, 0) is 45.2 Å². The molecule has 0 spiro atoms. The molecule has 16 heavy (non-hydrogen) atoms. The van der Waals surface area contributed by atoms with Crippen LogP contribution in [0.1, 0.15) is 25.7 Å². The topological polar surface area (TPSA) is 65.7 Å². The third-order valence-electron chi connectivity index (χ3n) is 3.28. The SMILES string of the molecule is CN1CCCC(CN=C(NN)NC2CC2)C1. The van der Waals surface area contributed by atoms with Crippen LogP contribution in [0, 0.1) is 5.92 Å². The summed E-state index contributed by atoms with van der Waals surface area (Å²) in [6, 6.07) is 0.601. The van der Waals surface area contributed by atoms with Crippen LogP contribution in [-0.4, -0.2) is 43.6 Å². The molecule has 0 radical (unpaired) electrons. The van der Waals surface area contributed by atoms with Gasteiger partial charge in [-0.25, -0.2) is 5.84 Å². The van der Waals surface area contributed by atoms with E-state index in [1.165, 1.54) is 32.2 Å². The van der Waals surface area contributed by atoms with Crippen LogP contribution in [0.15, 0.2) is 4.99 Å². The van der Waals surface area contributed by atoms with Crippen LogP contribution in [0.5, 0.6) is 0 Å². The molecule has 2 fully saturated rings. The molecule has 1 aliphatic carbocycles. The van der Waals surface area contributed by atoms with E-state index in [2.05, 4.69) is 27.7 Å². The van der Waals surface area contributed by atoms with Crippen molar-refractivity contribution in [3.63, 3.8) is 0 Å². The summed E-state index contributed by atoms with van der Waals surface area (Å²) in [5, 5.41) is 3.29. The predicted octanol–water partition coefficient (Wildman–Crippen LogP) is -0.100. The molecular weight excluding hydrogens is 202 g/mol. The van der Waals surface area contributed by atoms with Crippen molar-refractivity contribution in [2.75, 3.05) is 26.7 Å². The monoisotopic (exact) mass is 225 g/mol. The van der Waals surface area contributed by atoms with Crippen LogP contribution in [0.3, 0.4) is 0 Å². The van der Waals surface area contributed by atoms with E-state index in [1.807, 2.05) is 0 Å². The van der Waals surface area contributed by atoms with Crippen LogP contribution in [0.25, 0.3) is 0 Å². The van der Waals surface area contributed by atoms with Crippen LogP contribution >= 0.6 is 0 Å². The lowest BCUT2D eigenvalue weighted by Gasteiger charge is -2.28. The van der Waals surface area contributed by atoms with Crippen LogP contribution in [0.2, 0.25) is 0 Å². The van der Waals surface area contributed by atoms with Gasteiger partial charge in [0.15, 0.2) is 0 Å². The average molecular weight is 225 g/mol. The minimum absolute atomic E-state index is 0.601. The molecule has 1 atom stereocenters. The Bertz CT molecular complexity index is 249. The van der Waals surface area contributed by atoms with Gasteiger partial charge in [-0.2, -0.15) is 0 Å². The largest absolute Gasteiger partial charge is 0.353 e. The lowest BCUT2D eigenvalue weighted by atomic mass is 9.99. The zero-order valence-corrected chi connectivity index (χ0v) is 10.1. The quantitative estimate of drug-likeness (QED) is 0.272. The second-order valence-electron chi connectivity index (χ2n) is 5.02. The summed E-state index contributed by atoms with van der Waals surface area (Å²) in [7, 11) is 2.18. The molecule has 5 heteroatoms. The van der Waals surface area contributed by atoms with E-state index in [4.69, 9.17) is 5.84 Å². The Morgan fingerprint density at radius 2 is 2.25 bits per heavy atom. The number of aliphatic imine (C=N–C) groups is 1. The Balaban J connectivity index is 1.75. The number of nitrogens with one attached hydrogen (secondary N) is 2. The molecule has 0 bridgehead atoms. The third-order valence-corrected chi connectivity index (χ3v) is 3.28. The number of nitrogens with two attached hydrogens (primary N) is 1. The van der Waals surface area contributed by atoms with E-state index < -0.39 is 0 Å². The second-order valence-corrected chi connectivity index (χ2v) is 5.02. The smallest absolute Gasteiger partial charge is 0.205 e. The van der Waals surface area contributed by atoms with E-state index >= 15 is 0 Å². The lowest BCUT2D eigenvalue weighted by molar-refractivity contribution is 0.214. The maximum atomic E-state index is 5.44. The minimum atomic E-state index is 0.601. The Morgan fingerprint density at radius 3 is 2.88 bits per heavy atom. The number of hydrogen-bond acceptors (Lipinski definition) is 3. The van der Waals surface area contributed by atoms with Gasteiger partial charge >= 0.3 is 0 Å². The zero-order chi connectivity index (χ0) is 11.4. The van der Waals surface area contributed by atoms with Crippen molar-refractivity contribution < 1.29 is 0 Å². The van der Waals surface area contributed by atoms with Crippen molar-refractivity contribution in [1.29, 1.82) is 0 Å². The van der Waals surface area contributed by atoms with E-state index in [-0.39, 0.29) is 0 Å². The molecule has 1 heterocycles. The molecule has 0 aromatic carbocycles. The highest BCUT2D eigenvalue weighted by Gasteiger charge is 2.22.